The number of hydrogen-bond acceptors (Lipinski definition) is 4. The van der Waals surface area contributed by atoms with Crippen molar-refractivity contribution in [1.82, 2.24) is 0 Å². The second kappa shape index (κ2) is 4.94. The van der Waals surface area contributed by atoms with Crippen LogP contribution < -0.4 is 10.5 Å². The number of nitrogens with zero attached hydrogens (tertiary/aromatic N) is 2. The average molecular weight is 270 g/mol. The minimum atomic E-state index is -0.953. The van der Waals surface area contributed by atoms with Gasteiger partial charge in [-0.25, -0.2) is 0 Å². The molecule has 0 aliphatic carbocycles. The van der Waals surface area contributed by atoms with Gasteiger partial charge in [-0.05, 0) is 18.2 Å². The average Bonchev–Trinajstić information content (AvgIpc) is 2.40. The number of rotatable bonds is 1. The maximum Gasteiger partial charge on any atom is 0.203 e. The van der Waals surface area contributed by atoms with Crippen molar-refractivity contribution in [2.24, 2.45) is 11.7 Å². The van der Waals surface area contributed by atoms with Crippen molar-refractivity contribution in [3.63, 3.8) is 0 Å². The summed E-state index contributed by atoms with van der Waals surface area (Å²) in [5, 5.41) is 18.7. The number of hydrogen-bond donors (Lipinski definition) is 1. The van der Waals surface area contributed by atoms with Crippen LogP contribution in [0.3, 0.4) is 0 Å². The van der Waals surface area contributed by atoms with Crippen molar-refractivity contribution in [1.29, 1.82) is 10.5 Å². The van der Waals surface area contributed by atoms with E-state index in [4.69, 9.17) is 39.0 Å². The van der Waals surface area contributed by atoms with Crippen molar-refractivity contribution in [2.45, 2.75) is 5.92 Å². The molecule has 1 unspecified atom stereocenters. The SMILES string of the molecule is C#CC1=C(N)Oc2ccc(Cl)cc2C1C(C#N)C#N. The van der Waals surface area contributed by atoms with Crippen LogP contribution in [0.1, 0.15) is 11.5 Å². The number of halogens is 1. The van der Waals surface area contributed by atoms with Gasteiger partial charge in [0.05, 0.1) is 23.6 Å². The van der Waals surface area contributed by atoms with Crippen molar-refractivity contribution >= 4 is 11.6 Å². The summed E-state index contributed by atoms with van der Waals surface area (Å²) in [5.41, 5.74) is 6.64. The van der Waals surface area contributed by atoms with Gasteiger partial charge in [0.25, 0.3) is 0 Å². The molecule has 1 heterocycles. The Bertz CT molecular complexity index is 674. The summed E-state index contributed by atoms with van der Waals surface area (Å²) in [5.74, 6) is 1.32. The minimum absolute atomic E-state index is 0.0397. The molecule has 0 fully saturated rings. The lowest BCUT2D eigenvalue weighted by atomic mass is 9.80. The van der Waals surface area contributed by atoms with Crippen molar-refractivity contribution in [2.75, 3.05) is 0 Å². The van der Waals surface area contributed by atoms with Crippen molar-refractivity contribution < 1.29 is 4.74 Å². The van der Waals surface area contributed by atoms with Crippen LogP contribution in [-0.4, -0.2) is 0 Å². The molecule has 1 aromatic rings. The van der Waals surface area contributed by atoms with Crippen molar-refractivity contribution in [3.05, 3.63) is 40.2 Å². The fraction of sp³-hybridized carbons (Fsp3) is 0.143. The van der Waals surface area contributed by atoms with Crippen molar-refractivity contribution in [3.8, 4) is 30.2 Å². The number of fused-ring (bicyclic) bond motifs is 1. The third-order valence-electron chi connectivity index (χ3n) is 2.87. The second-order valence-electron chi connectivity index (χ2n) is 3.92. The normalized spacial score (nSPS) is 16.9. The maximum absolute atomic E-state index is 9.09. The van der Waals surface area contributed by atoms with Crippen LogP contribution >= 0.6 is 11.6 Å². The van der Waals surface area contributed by atoms with Crippen LogP contribution in [0.4, 0.5) is 0 Å². The summed E-state index contributed by atoms with van der Waals surface area (Å²) in [4.78, 5) is 0. The van der Waals surface area contributed by atoms with Crippen LogP contribution in [0.25, 0.3) is 0 Å². The van der Waals surface area contributed by atoms with E-state index in [-0.39, 0.29) is 5.88 Å². The molecule has 0 radical (unpaired) electrons. The molecule has 19 heavy (non-hydrogen) atoms. The molecule has 0 saturated carbocycles. The number of ether oxygens (including phenoxy) is 1. The standard InChI is InChI=1S/C14H8ClN3O/c1-2-10-13(8(6-16)7-17)11-5-9(15)3-4-12(11)19-14(10)18/h1,3-5,8,13H,18H2. The van der Waals surface area contributed by atoms with Gasteiger partial charge in [-0.3, -0.25) is 0 Å². The Morgan fingerprint density at radius 3 is 2.63 bits per heavy atom. The van der Waals surface area contributed by atoms with Gasteiger partial charge in [-0.1, -0.05) is 17.5 Å². The van der Waals surface area contributed by atoms with E-state index >= 15 is 0 Å². The van der Waals surface area contributed by atoms with Gasteiger partial charge in [-0.15, -0.1) is 6.42 Å². The maximum atomic E-state index is 9.09. The van der Waals surface area contributed by atoms with Gasteiger partial charge in [-0.2, -0.15) is 10.5 Å². The van der Waals surface area contributed by atoms with E-state index in [2.05, 4.69) is 5.92 Å². The molecule has 1 aromatic carbocycles. The summed E-state index contributed by atoms with van der Waals surface area (Å²) in [6.45, 7) is 0. The molecule has 92 valence electrons. The first-order valence-corrected chi connectivity index (χ1v) is 5.73. The van der Waals surface area contributed by atoms with E-state index in [9.17, 15) is 0 Å². The highest BCUT2D eigenvalue weighted by atomic mass is 35.5. The summed E-state index contributed by atoms with van der Waals surface area (Å²) >= 11 is 5.94. The minimum Gasteiger partial charge on any atom is -0.440 e. The molecule has 0 saturated heterocycles. The van der Waals surface area contributed by atoms with Gasteiger partial charge >= 0.3 is 0 Å². The first-order chi connectivity index (χ1) is 9.12. The monoisotopic (exact) mass is 269 g/mol. The quantitative estimate of drug-likeness (QED) is 0.793. The fourth-order valence-corrected chi connectivity index (χ4v) is 2.20. The summed E-state index contributed by atoms with van der Waals surface area (Å²) in [6, 6.07) is 8.75. The zero-order chi connectivity index (χ0) is 14.0. The van der Waals surface area contributed by atoms with Crippen LogP contribution in [-0.2, 0) is 0 Å². The molecular weight excluding hydrogens is 262 g/mol. The zero-order valence-electron chi connectivity index (χ0n) is 9.72. The van der Waals surface area contributed by atoms with Gasteiger partial charge in [0.15, 0.2) is 0 Å². The molecule has 1 aliphatic rings. The van der Waals surface area contributed by atoms with Crippen LogP contribution in [0.15, 0.2) is 29.7 Å². The summed E-state index contributed by atoms with van der Waals surface area (Å²) in [7, 11) is 0. The Morgan fingerprint density at radius 2 is 2.05 bits per heavy atom. The molecule has 2 rings (SSSR count). The Kier molecular flexibility index (Phi) is 3.34. The molecular formula is C14H8ClN3O. The topological polar surface area (TPSA) is 82.8 Å². The first-order valence-electron chi connectivity index (χ1n) is 5.35. The predicted octanol–water partition coefficient (Wildman–Crippen LogP) is 2.28. The molecule has 0 aromatic heterocycles. The lowest BCUT2D eigenvalue weighted by molar-refractivity contribution is 0.383. The lowest BCUT2D eigenvalue weighted by Crippen LogP contribution is -2.24. The Hall–Kier alpha value is -2.61. The van der Waals surface area contributed by atoms with E-state index in [0.29, 0.717) is 21.9 Å². The Morgan fingerprint density at radius 1 is 1.37 bits per heavy atom. The van der Waals surface area contributed by atoms with E-state index < -0.39 is 11.8 Å². The van der Waals surface area contributed by atoms with Gasteiger partial charge in [0, 0.05) is 10.6 Å². The number of nitrogens with two attached hydrogens (primary N) is 1. The highest BCUT2D eigenvalue weighted by Crippen LogP contribution is 2.42. The highest BCUT2D eigenvalue weighted by molar-refractivity contribution is 6.30. The first kappa shape index (κ1) is 12.8. The van der Waals surface area contributed by atoms with E-state index in [0.717, 1.165) is 0 Å². The summed E-state index contributed by atoms with van der Waals surface area (Å²) < 4.78 is 5.40. The zero-order valence-corrected chi connectivity index (χ0v) is 10.5. The van der Waals surface area contributed by atoms with E-state index in [1.165, 1.54) is 0 Å². The second-order valence-corrected chi connectivity index (χ2v) is 4.36. The Labute approximate surface area is 115 Å². The predicted molar refractivity (Wildman–Crippen MR) is 69.6 cm³/mol. The fourth-order valence-electron chi connectivity index (χ4n) is 2.02. The van der Waals surface area contributed by atoms with Crippen LogP contribution in [0.5, 0.6) is 5.75 Å². The Balaban J connectivity index is 2.68. The van der Waals surface area contributed by atoms with E-state index in [1.807, 2.05) is 12.1 Å². The lowest BCUT2D eigenvalue weighted by Gasteiger charge is -2.27. The number of terminal acetylenes is 1. The van der Waals surface area contributed by atoms with Crippen LogP contribution in [0.2, 0.25) is 5.02 Å². The molecule has 0 bridgehead atoms. The van der Waals surface area contributed by atoms with Gasteiger partial charge in [0.2, 0.25) is 5.88 Å². The van der Waals surface area contributed by atoms with Gasteiger partial charge < -0.3 is 10.5 Å². The third kappa shape index (κ3) is 2.08. The van der Waals surface area contributed by atoms with Crippen LogP contribution in [0, 0.1) is 40.9 Å². The molecule has 4 nitrogen and oxygen atoms in total. The third-order valence-corrected chi connectivity index (χ3v) is 3.11. The molecule has 0 amide bonds. The molecule has 1 atom stereocenters. The highest BCUT2D eigenvalue weighted by Gasteiger charge is 2.34. The molecule has 0 spiro atoms. The smallest absolute Gasteiger partial charge is 0.203 e. The number of nitriles is 2. The number of benzene rings is 1. The molecule has 2 N–H and O–H groups in total. The number of allylic oxidation sites excluding steroid dienone is 1. The molecule has 1 aliphatic heterocycles. The van der Waals surface area contributed by atoms with Gasteiger partial charge in [0.1, 0.15) is 11.7 Å². The largest absolute Gasteiger partial charge is 0.440 e. The molecule has 5 heteroatoms. The summed E-state index contributed by atoms with van der Waals surface area (Å²) in [6.07, 6.45) is 5.41. The van der Waals surface area contributed by atoms with E-state index in [1.54, 1.807) is 18.2 Å².